The zero-order valence-electron chi connectivity index (χ0n) is 9.90. The van der Waals surface area contributed by atoms with Gasteiger partial charge in [-0.1, -0.05) is 30.3 Å². The van der Waals surface area contributed by atoms with Crippen LogP contribution in [-0.2, 0) is 16.0 Å². The third kappa shape index (κ3) is 4.03. The van der Waals surface area contributed by atoms with Crippen LogP contribution in [0, 0.1) is 0 Å². The summed E-state index contributed by atoms with van der Waals surface area (Å²) in [7, 11) is 1.78. The number of rotatable bonds is 6. The minimum atomic E-state index is -0.208. The predicted molar refractivity (Wildman–Crippen MR) is 64.2 cm³/mol. The second-order valence-electron chi connectivity index (χ2n) is 3.62. The minimum absolute atomic E-state index is 0.166. The van der Waals surface area contributed by atoms with Crippen molar-refractivity contribution in [2.24, 2.45) is 0 Å². The van der Waals surface area contributed by atoms with Crippen LogP contribution in [0.5, 0.6) is 0 Å². The van der Waals surface area contributed by atoms with E-state index < -0.39 is 0 Å². The number of hydrogen-bond donors (Lipinski definition) is 1. The second-order valence-corrected chi connectivity index (χ2v) is 3.62. The summed E-state index contributed by atoms with van der Waals surface area (Å²) in [5, 5.41) is 2.98. The molecule has 0 amide bonds. The van der Waals surface area contributed by atoms with Crippen molar-refractivity contribution in [3.63, 3.8) is 0 Å². The number of esters is 1. The third-order valence-electron chi connectivity index (χ3n) is 2.48. The molecule has 88 valence electrons. The van der Waals surface area contributed by atoms with Crippen molar-refractivity contribution < 1.29 is 9.53 Å². The molecule has 0 saturated heterocycles. The first-order valence-electron chi connectivity index (χ1n) is 5.65. The zero-order valence-corrected chi connectivity index (χ0v) is 9.90. The van der Waals surface area contributed by atoms with Crippen molar-refractivity contribution >= 4 is 5.97 Å². The molecular weight excluding hydrogens is 202 g/mol. The molecule has 0 unspecified atom stereocenters. The Labute approximate surface area is 96.8 Å². The van der Waals surface area contributed by atoms with Gasteiger partial charge in [0.15, 0.2) is 0 Å². The number of hydrogen-bond acceptors (Lipinski definition) is 3. The maximum atomic E-state index is 11.5. The lowest BCUT2D eigenvalue weighted by Crippen LogP contribution is -2.35. The SMILES string of the molecule is CCOC(=O)[C@@H](CCc1ccccc1)NC. The Bertz CT molecular complexity index is 311. The number of benzene rings is 1. The largest absolute Gasteiger partial charge is 0.465 e. The summed E-state index contributed by atoms with van der Waals surface area (Å²) < 4.78 is 4.98. The van der Waals surface area contributed by atoms with Gasteiger partial charge in [-0.25, -0.2) is 0 Å². The van der Waals surface area contributed by atoms with E-state index in [1.165, 1.54) is 5.56 Å². The van der Waals surface area contributed by atoms with Crippen LogP contribution in [0.2, 0.25) is 0 Å². The number of ether oxygens (including phenoxy) is 1. The van der Waals surface area contributed by atoms with Crippen LogP contribution in [0.3, 0.4) is 0 Å². The fraction of sp³-hybridized carbons (Fsp3) is 0.462. The van der Waals surface area contributed by atoms with Gasteiger partial charge in [0.2, 0.25) is 0 Å². The fourth-order valence-electron chi connectivity index (χ4n) is 1.58. The lowest BCUT2D eigenvalue weighted by atomic mass is 10.1. The first-order valence-corrected chi connectivity index (χ1v) is 5.65. The van der Waals surface area contributed by atoms with E-state index in [1.807, 2.05) is 25.1 Å². The van der Waals surface area contributed by atoms with Crippen molar-refractivity contribution in [1.82, 2.24) is 5.32 Å². The van der Waals surface area contributed by atoms with Gasteiger partial charge in [0.05, 0.1) is 6.61 Å². The Morgan fingerprint density at radius 3 is 2.62 bits per heavy atom. The highest BCUT2D eigenvalue weighted by Crippen LogP contribution is 2.05. The Morgan fingerprint density at radius 2 is 2.06 bits per heavy atom. The summed E-state index contributed by atoms with van der Waals surface area (Å²) in [6.45, 7) is 2.25. The van der Waals surface area contributed by atoms with E-state index in [1.54, 1.807) is 7.05 Å². The van der Waals surface area contributed by atoms with E-state index in [2.05, 4.69) is 17.4 Å². The fourth-order valence-corrected chi connectivity index (χ4v) is 1.58. The molecule has 1 aromatic carbocycles. The first kappa shape index (κ1) is 12.7. The molecule has 0 fully saturated rings. The van der Waals surface area contributed by atoms with Crippen molar-refractivity contribution in [1.29, 1.82) is 0 Å². The molecule has 3 nitrogen and oxygen atoms in total. The van der Waals surface area contributed by atoms with E-state index in [9.17, 15) is 4.79 Å². The van der Waals surface area contributed by atoms with E-state index in [4.69, 9.17) is 4.74 Å². The van der Waals surface area contributed by atoms with E-state index >= 15 is 0 Å². The molecule has 0 aliphatic carbocycles. The molecule has 16 heavy (non-hydrogen) atoms. The molecule has 0 spiro atoms. The van der Waals surface area contributed by atoms with Gasteiger partial charge in [-0.15, -0.1) is 0 Å². The highest BCUT2D eigenvalue weighted by Gasteiger charge is 2.16. The molecule has 0 bridgehead atoms. The minimum Gasteiger partial charge on any atom is -0.465 e. The van der Waals surface area contributed by atoms with Crippen molar-refractivity contribution in [3.05, 3.63) is 35.9 Å². The highest BCUT2D eigenvalue weighted by molar-refractivity contribution is 5.75. The zero-order chi connectivity index (χ0) is 11.8. The summed E-state index contributed by atoms with van der Waals surface area (Å²) in [5.41, 5.74) is 1.24. The number of nitrogens with one attached hydrogen (secondary N) is 1. The summed E-state index contributed by atoms with van der Waals surface area (Å²) in [5.74, 6) is -0.166. The van der Waals surface area contributed by atoms with Crippen LogP contribution in [0.1, 0.15) is 18.9 Å². The van der Waals surface area contributed by atoms with Crippen molar-refractivity contribution in [2.75, 3.05) is 13.7 Å². The first-order chi connectivity index (χ1) is 7.77. The average Bonchev–Trinajstić information content (AvgIpc) is 2.31. The molecule has 1 N–H and O–H groups in total. The Balaban J connectivity index is 2.43. The van der Waals surface area contributed by atoms with Crippen molar-refractivity contribution in [2.45, 2.75) is 25.8 Å². The quantitative estimate of drug-likeness (QED) is 0.744. The second kappa shape index (κ2) is 7.01. The van der Waals surface area contributed by atoms with Crippen LogP contribution < -0.4 is 5.32 Å². The molecule has 0 radical (unpaired) electrons. The predicted octanol–water partition coefficient (Wildman–Crippen LogP) is 1.77. The van der Waals surface area contributed by atoms with Gasteiger partial charge in [0.25, 0.3) is 0 Å². The van der Waals surface area contributed by atoms with Gasteiger partial charge in [0.1, 0.15) is 6.04 Å². The lowest BCUT2D eigenvalue weighted by molar-refractivity contribution is -0.145. The maximum absolute atomic E-state index is 11.5. The summed E-state index contributed by atoms with van der Waals surface area (Å²) in [4.78, 5) is 11.5. The van der Waals surface area contributed by atoms with E-state index in [0.29, 0.717) is 6.61 Å². The Kier molecular flexibility index (Phi) is 5.57. The lowest BCUT2D eigenvalue weighted by Gasteiger charge is -2.14. The average molecular weight is 221 g/mol. The molecular formula is C13H19NO2. The van der Waals surface area contributed by atoms with Gasteiger partial charge in [-0.05, 0) is 32.4 Å². The monoisotopic (exact) mass is 221 g/mol. The molecule has 1 aromatic rings. The van der Waals surface area contributed by atoms with E-state index in [0.717, 1.165) is 12.8 Å². The molecule has 0 heterocycles. The number of likely N-dealkylation sites (N-methyl/N-ethyl adjacent to an activating group) is 1. The maximum Gasteiger partial charge on any atom is 0.323 e. The topological polar surface area (TPSA) is 38.3 Å². The van der Waals surface area contributed by atoms with E-state index in [-0.39, 0.29) is 12.0 Å². The van der Waals surface area contributed by atoms with Crippen molar-refractivity contribution in [3.8, 4) is 0 Å². The Morgan fingerprint density at radius 1 is 1.38 bits per heavy atom. The van der Waals surface area contributed by atoms with Gasteiger partial charge >= 0.3 is 5.97 Å². The summed E-state index contributed by atoms with van der Waals surface area (Å²) >= 11 is 0. The number of aryl methyl sites for hydroxylation is 1. The standard InChI is InChI=1S/C13H19NO2/c1-3-16-13(15)12(14-2)10-9-11-7-5-4-6-8-11/h4-8,12,14H,3,9-10H2,1-2H3/t12-/m1/s1. The van der Waals surface area contributed by atoms with Crippen LogP contribution >= 0.6 is 0 Å². The van der Waals surface area contributed by atoms with Gasteiger partial charge < -0.3 is 10.1 Å². The smallest absolute Gasteiger partial charge is 0.323 e. The van der Waals surface area contributed by atoms with Crippen LogP contribution in [-0.4, -0.2) is 25.7 Å². The summed E-state index contributed by atoms with van der Waals surface area (Å²) in [6.07, 6.45) is 1.64. The van der Waals surface area contributed by atoms with Gasteiger partial charge in [-0.3, -0.25) is 4.79 Å². The molecule has 0 aromatic heterocycles. The third-order valence-corrected chi connectivity index (χ3v) is 2.48. The molecule has 0 saturated carbocycles. The van der Waals surface area contributed by atoms with Gasteiger partial charge in [0, 0.05) is 0 Å². The Hall–Kier alpha value is -1.35. The number of carbonyl (C=O) groups is 1. The van der Waals surface area contributed by atoms with Gasteiger partial charge in [-0.2, -0.15) is 0 Å². The molecule has 3 heteroatoms. The summed E-state index contributed by atoms with van der Waals surface area (Å²) in [6, 6.07) is 9.93. The molecule has 0 aliphatic heterocycles. The normalized spacial score (nSPS) is 12.1. The molecule has 0 aliphatic rings. The number of carbonyl (C=O) groups excluding carboxylic acids is 1. The molecule has 1 atom stereocenters. The van der Waals surface area contributed by atoms with Crippen LogP contribution in [0.25, 0.3) is 0 Å². The van der Waals surface area contributed by atoms with Crippen LogP contribution in [0.15, 0.2) is 30.3 Å². The highest BCUT2D eigenvalue weighted by atomic mass is 16.5. The molecule has 1 rings (SSSR count). The van der Waals surface area contributed by atoms with Crippen LogP contribution in [0.4, 0.5) is 0 Å².